The maximum Gasteiger partial charge on any atom is 0.261 e. The van der Waals surface area contributed by atoms with Crippen LogP contribution in [-0.2, 0) is 11.3 Å². The molecule has 2 aromatic carbocycles. The summed E-state index contributed by atoms with van der Waals surface area (Å²) in [5.74, 6) is -0.221. The molecule has 1 aromatic heterocycles. The molecule has 1 atom stereocenters. The van der Waals surface area contributed by atoms with E-state index in [9.17, 15) is 9.59 Å². The number of anilines is 1. The number of nitrogens with one attached hydrogen (secondary N) is 1. The largest absolute Gasteiger partial charge is 0.370 e. The number of halogens is 1. The third-order valence-electron chi connectivity index (χ3n) is 4.52. The Kier molecular flexibility index (Phi) is 5.91. The molecule has 27 heavy (non-hydrogen) atoms. The molecule has 0 saturated heterocycles. The van der Waals surface area contributed by atoms with E-state index in [0.29, 0.717) is 17.4 Å². The van der Waals surface area contributed by atoms with Crippen LogP contribution in [0.1, 0.15) is 6.92 Å². The van der Waals surface area contributed by atoms with Crippen molar-refractivity contribution in [3.8, 4) is 0 Å². The molecule has 0 aliphatic heterocycles. The lowest BCUT2D eigenvalue weighted by molar-refractivity contribution is -0.121. The van der Waals surface area contributed by atoms with Crippen LogP contribution >= 0.6 is 15.9 Å². The van der Waals surface area contributed by atoms with Crippen molar-refractivity contribution in [2.24, 2.45) is 0 Å². The predicted molar refractivity (Wildman–Crippen MR) is 111 cm³/mol. The molecule has 6 nitrogen and oxygen atoms in total. The molecular weight excluding hydrogens is 408 g/mol. The molecule has 3 aromatic rings. The monoisotopic (exact) mass is 428 g/mol. The average molecular weight is 429 g/mol. The van der Waals surface area contributed by atoms with Gasteiger partial charge in [-0.3, -0.25) is 14.2 Å². The molecule has 0 aliphatic carbocycles. The van der Waals surface area contributed by atoms with Crippen LogP contribution < -0.4 is 15.8 Å². The maximum atomic E-state index is 12.6. The van der Waals surface area contributed by atoms with E-state index >= 15 is 0 Å². The molecular formula is C20H21BrN4O2. The number of hydrogen-bond acceptors (Lipinski definition) is 4. The van der Waals surface area contributed by atoms with Crippen molar-refractivity contribution in [3.05, 3.63) is 69.7 Å². The van der Waals surface area contributed by atoms with Crippen LogP contribution in [0.2, 0.25) is 0 Å². The molecule has 3 rings (SSSR count). The number of fused-ring (bicyclic) bond motifs is 1. The lowest BCUT2D eigenvalue weighted by Crippen LogP contribution is -2.42. The van der Waals surface area contributed by atoms with Gasteiger partial charge in [0.1, 0.15) is 6.54 Å². The number of amides is 1. The second-order valence-electron chi connectivity index (χ2n) is 6.44. The zero-order chi connectivity index (χ0) is 19.4. The summed E-state index contributed by atoms with van der Waals surface area (Å²) in [5, 5.41) is 3.37. The van der Waals surface area contributed by atoms with Crippen LogP contribution in [0, 0.1) is 0 Å². The van der Waals surface area contributed by atoms with Crippen LogP contribution in [0.4, 0.5) is 5.69 Å². The van der Waals surface area contributed by atoms with Crippen molar-refractivity contribution in [1.82, 2.24) is 14.9 Å². The van der Waals surface area contributed by atoms with E-state index in [-0.39, 0.29) is 24.1 Å². The molecule has 140 valence electrons. The van der Waals surface area contributed by atoms with Gasteiger partial charge >= 0.3 is 0 Å². The Bertz CT molecular complexity index is 1000. The lowest BCUT2D eigenvalue weighted by atomic mass is 10.2. The summed E-state index contributed by atoms with van der Waals surface area (Å²) >= 11 is 3.36. The topological polar surface area (TPSA) is 67.2 Å². The number of rotatable bonds is 6. The molecule has 1 amide bonds. The van der Waals surface area contributed by atoms with Crippen molar-refractivity contribution in [3.63, 3.8) is 0 Å². The van der Waals surface area contributed by atoms with Crippen molar-refractivity contribution in [1.29, 1.82) is 0 Å². The van der Waals surface area contributed by atoms with Gasteiger partial charge in [-0.2, -0.15) is 0 Å². The number of likely N-dealkylation sites (N-methyl/N-ethyl adjacent to an activating group) is 1. The number of para-hydroxylation sites is 1. The molecule has 0 spiro atoms. The number of hydrogen-bond donors (Lipinski definition) is 1. The van der Waals surface area contributed by atoms with Crippen LogP contribution in [0.5, 0.6) is 0 Å². The molecule has 0 radical (unpaired) electrons. The summed E-state index contributed by atoms with van der Waals surface area (Å²) in [6, 6.07) is 15.4. The lowest BCUT2D eigenvalue weighted by Gasteiger charge is -2.27. The highest BCUT2D eigenvalue weighted by Gasteiger charge is 2.13. The van der Waals surface area contributed by atoms with E-state index in [1.165, 1.54) is 10.9 Å². The van der Waals surface area contributed by atoms with E-state index < -0.39 is 0 Å². The van der Waals surface area contributed by atoms with Crippen molar-refractivity contribution >= 4 is 38.4 Å². The third-order valence-corrected chi connectivity index (χ3v) is 5.01. The Morgan fingerprint density at radius 2 is 2.00 bits per heavy atom. The van der Waals surface area contributed by atoms with Crippen LogP contribution in [0.15, 0.2) is 64.1 Å². The maximum absolute atomic E-state index is 12.6. The SMILES string of the molecule is CC(CNC(=O)Cn1cnc2ccc(Br)cc2c1=O)N(C)c1ccccc1. The number of aromatic nitrogens is 2. The van der Waals surface area contributed by atoms with Gasteiger partial charge in [0, 0.05) is 29.8 Å². The van der Waals surface area contributed by atoms with E-state index in [0.717, 1.165) is 10.2 Å². The van der Waals surface area contributed by atoms with Crippen LogP contribution in [0.25, 0.3) is 10.9 Å². The Balaban J connectivity index is 1.63. The second kappa shape index (κ2) is 8.35. The molecule has 1 N–H and O–H groups in total. The first-order chi connectivity index (χ1) is 13.0. The fraction of sp³-hybridized carbons (Fsp3) is 0.250. The zero-order valence-corrected chi connectivity index (χ0v) is 16.8. The summed E-state index contributed by atoms with van der Waals surface area (Å²) < 4.78 is 2.13. The average Bonchev–Trinajstić information content (AvgIpc) is 2.68. The van der Waals surface area contributed by atoms with Gasteiger partial charge in [0.05, 0.1) is 17.2 Å². The van der Waals surface area contributed by atoms with E-state index in [2.05, 4.69) is 31.1 Å². The Hall–Kier alpha value is -2.67. The van der Waals surface area contributed by atoms with E-state index in [1.807, 2.05) is 50.4 Å². The fourth-order valence-electron chi connectivity index (χ4n) is 2.77. The quantitative estimate of drug-likeness (QED) is 0.655. The summed E-state index contributed by atoms with van der Waals surface area (Å²) in [5.41, 5.74) is 1.46. The summed E-state index contributed by atoms with van der Waals surface area (Å²) in [4.78, 5) is 31.2. The predicted octanol–water partition coefficient (Wildman–Crippen LogP) is 2.80. The van der Waals surface area contributed by atoms with Crippen molar-refractivity contribution < 1.29 is 4.79 Å². The molecule has 0 aliphatic rings. The Morgan fingerprint density at radius 3 is 2.74 bits per heavy atom. The van der Waals surface area contributed by atoms with Gasteiger partial charge in [-0.15, -0.1) is 0 Å². The van der Waals surface area contributed by atoms with Gasteiger partial charge < -0.3 is 10.2 Å². The van der Waals surface area contributed by atoms with Crippen LogP contribution in [0.3, 0.4) is 0 Å². The first-order valence-corrected chi connectivity index (χ1v) is 9.44. The third kappa shape index (κ3) is 4.54. The first-order valence-electron chi connectivity index (χ1n) is 8.65. The molecule has 7 heteroatoms. The van der Waals surface area contributed by atoms with E-state index in [4.69, 9.17) is 0 Å². The standard InChI is InChI=1S/C20H21BrN4O2/c1-14(24(2)16-6-4-3-5-7-16)11-22-19(26)12-25-13-23-18-9-8-15(21)10-17(18)20(25)27/h3-10,13-14H,11-12H2,1-2H3,(H,22,26). The second-order valence-corrected chi connectivity index (χ2v) is 7.35. The van der Waals surface area contributed by atoms with Crippen molar-refractivity contribution in [2.75, 3.05) is 18.5 Å². The number of nitrogens with zero attached hydrogens (tertiary/aromatic N) is 3. The van der Waals surface area contributed by atoms with Gasteiger partial charge in [0.15, 0.2) is 0 Å². The Morgan fingerprint density at radius 1 is 1.26 bits per heavy atom. The van der Waals surface area contributed by atoms with Crippen molar-refractivity contribution in [2.45, 2.75) is 19.5 Å². The van der Waals surface area contributed by atoms with Crippen LogP contribution in [-0.4, -0.2) is 35.1 Å². The van der Waals surface area contributed by atoms with Gasteiger partial charge in [0.2, 0.25) is 5.91 Å². The summed E-state index contributed by atoms with van der Waals surface area (Å²) in [6.45, 7) is 2.45. The van der Waals surface area contributed by atoms with Gasteiger partial charge in [-0.05, 0) is 37.3 Å². The smallest absolute Gasteiger partial charge is 0.261 e. The number of benzene rings is 2. The molecule has 1 unspecified atom stereocenters. The number of carbonyl (C=O) groups excluding carboxylic acids is 1. The highest BCUT2D eigenvalue weighted by molar-refractivity contribution is 9.10. The minimum absolute atomic E-state index is 0.0595. The Labute approximate surface area is 166 Å². The first kappa shape index (κ1) is 19.1. The molecule has 1 heterocycles. The highest BCUT2D eigenvalue weighted by atomic mass is 79.9. The fourth-order valence-corrected chi connectivity index (χ4v) is 3.13. The van der Waals surface area contributed by atoms with Gasteiger partial charge in [-0.1, -0.05) is 34.1 Å². The zero-order valence-electron chi connectivity index (χ0n) is 15.2. The highest BCUT2D eigenvalue weighted by Crippen LogP contribution is 2.15. The molecule has 0 bridgehead atoms. The molecule has 0 fully saturated rings. The minimum Gasteiger partial charge on any atom is -0.370 e. The van der Waals surface area contributed by atoms with Gasteiger partial charge in [-0.25, -0.2) is 4.98 Å². The van der Waals surface area contributed by atoms with E-state index in [1.54, 1.807) is 12.1 Å². The number of carbonyl (C=O) groups is 1. The summed E-state index contributed by atoms with van der Waals surface area (Å²) in [6.07, 6.45) is 1.41. The van der Waals surface area contributed by atoms with Gasteiger partial charge in [0.25, 0.3) is 5.56 Å². The summed E-state index contributed by atoms with van der Waals surface area (Å²) in [7, 11) is 1.99. The minimum atomic E-state index is -0.231. The molecule has 0 saturated carbocycles. The normalized spacial score (nSPS) is 12.0.